The monoisotopic (exact) mass is 326 g/mol. The van der Waals surface area contributed by atoms with Gasteiger partial charge in [-0.2, -0.15) is 0 Å². The first kappa shape index (κ1) is 15.7. The Morgan fingerprint density at radius 1 is 1.33 bits per heavy atom. The summed E-state index contributed by atoms with van der Waals surface area (Å²) in [6.07, 6.45) is 1.38. The number of hydrogen-bond donors (Lipinski definition) is 0. The van der Waals surface area contributed by atoms with Gasteiger partial charge in [0.2, 0.25) is 0 Å². The molecular weight excluding hydrogens is 314 g/mol. The molecule has 0 atom stereocenters. The molecule has 0 saturated carbocycles. The van der Waals surface area contributed by atoms with Crippen molar-refractivity contribution in [3.05, 3.63) is 63.6 Å². The summed E-state index contributed by atoms with van der Waals surface area (Å²) < 4.78 is 13.2. The predicted molar refractivity (Wildman–Crippen MR) is 81.1 cm³/mol. The van der Waals surface area contributed by atoms with Gasteiger partial charge in [0.05, 0.1) is 10.6 Å². The number of rotatable bonds is 4. The zero-order valence-electron chi connectivity index (χ0n) is 11.3. The first-order valence-corrected chi connectivity index (χ1v) is 7.11. The highest BCUT2D eigenvalue weighted by molar-refractivity contribution is 6.41. The molecular formula is C15H13Cl2FN2O. The van der Waals surface area contributed by atoms with E-state index >= 15 is 0 Å². The zero-order chi connectivity index (χ0) is 15.4. The van der Waals surface area contributed by atoms with Crippen molar-refractivity contribution in [3.63, 3.8) is 0 Å². The molecule has 0 fully saturated rings. The van der Waals surface area contributed by atoms with Gasteiger partial charge in [0.25, 0.3) is 5.91 Å². The molecule has 0 aliphatic heterocycles. The summed E-state index contributed by atoms with van der Waals surface area (Å²) in [5.41, 5.74) is 1.07. The van der Waals surface area contributed by atoms with E-state index in [2.05, 4.69) is 4.98 Å². The van der Waals surface area contributed by atoms with Crippen LogP contribution in [0.15, 0.2) is 36.5 Å². The van der Waals surface area contributed by atoms with E-state index in [1.165, 1.54) is 24.4 Å². The lowest BCUT2D eigenvalue weighted by atomic mass is 10.2. The van der Waals surface area contributed by atoms with E-state index in [-0.39, 0.29) is 21.9 Å². The van der Waals surface area contributed by atoms with E-state index < -0.39 is 0 Å². The number of halogens is 3. The maximum absolute atomic E-state index is 13.2. The van der Waals surface area contributed by atoms with Gasteiger partial charge in [0.15, 0.2) is 0 Å². The molecule has 2 rings (SSSR count). The number of amides is 1. The third kappa shape index (κ3) is 3.93. The summed E-state index contributed by atoms with van der Waals surface area (Å²) in [7, 11) is 0. The smallest absolute Gasteiger partial charge is 0.255 e. The van der Waals surface area contributed by atoms with Gasteiger partial charge in [-0.1, -0.05) is 35.3 Å². The Morgan fingerprint density at radius 2 is 2.10 bits per heavy atom. The van der Waals surface area contributed by atoms with Crippen molar-refractivity contribution < 1.29 is 9.18 Å². The van der Waals surface area contributed by atoms with Crippen molar-refractivity contribution in [3.8, 4) is 0 Å². The minimum absolute atomic E-state index is 0.154. The molecule has 0 aliphatic carbocycles. The molecule has 0 aliphatic rings. The van der Waals surface area contributed by atoms with Crippen LogP contribution in [0, 0.1) is 5.82 Å². The topological polar surface area (TPSA) is 33.2 Å². The fraction of sp³-hybridized carbons (Fsp3) is 0.200. The maximum Gasteiger partial charge on any atom is 0.255 e. The lowest BCUT2D eigenvalue weighted by Gasteiger charge is -2.21. The third-order valence-corrected chi connectivity index (χ3v) is 3.66. The van der Waals surface area contributed by atoms with Crippen LogP contribution in [0.3, 0.4) is 0 Å². The van der Waals surface area contributed by atoms with Gasteiger partial charge in [-0.15, -0.1) is 0 Å². The molecule has 1 aromatic heterocycles. The molecule has 6 heteroatoms. The van der Waals surface area contributed by atoms with Crippen molar-refractivity contribution >= 4 is 29.1 Å². The highest BCUT2D eigenvalue weighted by Crippen LogP contribution is 2.21. The number of pyridine rings is 1. The SMILES string of the molecule is CCN(Cc1cccc(F)c1)C(=O)c1cnc(Cl)c(Cl)c1. The van der Waals surface area contributed by atoms with E-state index in [1.54, 1.807) is 17.0 Å². The van der Waals surface area contributed by atoms with Crippen molar-refractivity contribution in [1.82, 2.24) is 9.88 Å². The minimum atomic E-state index is -0.327. The Hall–Kier alpha value is -1.65. The van der Waals surface area contributed by atoms with Crippen LogP contribution in [-0.4, -0.2) is 22.3 Å². The van der Waals surface area contributed by atoms with Crippen molar-refractivity contribution in [2.75, 3.05) is 6.54 Å². The van der Waals surface area contributed by atoms with Crippen molar-refractivity contribution in [2.24, 2.45) is 0 Å². The van der Waals surface area contributed by atoms with Gasteiger partial charge in [-0.3, -0.25) is 4.79 Å². The minimum Gasteiger partial charge on any atom is -0.335 e. The van der Waals surface area contributed by atoms with Crippen LogP contribution in [0.5, 0.6) is 0 Å². The number of nitrogens with zero attached hydrogens (tertiary/aromatic N) is 2. The van der Waals surface area contributed by atoms with Crippen LogP contribution in [0.1, 0.15) is 22.8 Å². The summed E-state index contributed by atoms with van der Waals surface area (Å²) in [6, 6.07) is 7.64. The second-order valence-electron chi connectivity index (χ2n) is 4.45. The molecule has 1 amide bonds. The van der Waals surface area contributed by atoms with Gasteiger partial charge in [0, 0.05) is 19.3 Å². The Kier molecular flexibility index (Phi) is 5.15. The van der Waals surface area contributed by atoms with Crippen LogP contribution >= 0.6 is 23.2 Å². The lowest BCUT2D eigenvalue weighted by Crippen LogP contribution is -2.30. The van der Waals surface area contributed by atoms with Gasteiger partial charge >= 0.3 is 0 Å². The maximum atomic E-state index is 13.2. The average molecular weight is 327 g/mol. The molecule has 0 saturated heterocycles. The highest BCUT2D eigenvalue weighted by Gasteiger charge is 2.16. The molecule has 2 aromatic rings. The number of carbonyl (C=O) groups excluding carboxylic acids is 1. The van der Waals surface area contributed by atoms with Gasteiger partial charge in [0.1, 0.15) is 11.0 Å². The number of benzene rings is 1. The van der Waals surface area contributed by atoms with E-state index in [9.17, 15) is 9.18 Å². The lowest BCUT2D eigenvalue weighted by molar-refractivity contribution is 0.0752. The van der Waals surface area contributed by atoms with Gasteiger partial charge in [-0.05, 0) is 30.7 Å². The Labute approximate surface area is 132 Å². The first-order chi connectivity index (χ1) is 10.0. The third-order valence-electron chi connectivity index (χ3n) is 2.97. The molecule has 1 heterocycles. The largest absolute Gasteiger partial charge is 0.335 e. The Balaban J connectivity index is 2.20. The number of hydrogen-bond acceptors (Lipinski definition) is 2. The Bertz CT molecular complexity index is 664. The summed E-state index contributed by atoms with van der Waals surface area (Å²) in [5.74, 6) is -0.556. The first-order valence-electron chi connectivity index (χ1n) is 6.36. The average Bonchev–Trinajstić information content (AvgIpc) is 2.47. The zero-order valence-corrected chi connectivity index (χ0v) is 12.8. The van der Waals surface area contributed by atoms with Gasteiger partial charge < -0.3 is 4.90 Å². The quantitative estimate of drug-likeness (QED) is 0.789. The molecule has 0 radical (unpaired) electrons. The summed E-state index contributed by atoms with van der Waals surface area (Å²) in [6.45, 7) is 2.64. The predicted octanol–water partition coefficient (Wildman–Crippen LogP) is 4.19. The molecule has 0 N–H and O–H groups in total. The summed E-state index contributed by atoms with van der Waals surface area (Å²) >= 11 is 11.6. The van der Waals surface area contributed by atoms with E-state index in [4.69, 9.17) is 23.2 Å². The number of carbonyl (C=O) groups is 1. The van der Waals surface area contributed by atoms with E-state index in [0.717, 1.165) is 5.56 Å². The van der Waals surface area contributed by atoms with Crippen LogP contribution < -0.4 is 0 Å². The van der Waals surface area contributed by atoms with Gasteiger partial charge in [-0.25, -0.2) is 9.37 Å². The fourth-order valence-electron chi connectivity index (χ4n) is 1.90. The standard InChI is InChI=1S/C15H13Cl2FN2O/c1-2-20(9-10-4-3-5-12(18)6-10)15(21)11-7-13(16)14(17)19-8-11/h3-8H,2,9H2,1H3. The summed E-state index contributed by atoms with van der Waals surface area (Å²) in [5, 5.41) is 0.380. The molecule has 110 valence electrons. The molecule has 3 nitrogen and oxygen atoms in total. The highest BCUT2D eigenvalue weighted by atomic mass is 35.5. The van der Waals surface area contributed by atoms with E-state index in [1.807, 2.05) is 6.92 Å². The van der Waals surface area contributed by atoms with Crippen molar-refractivity contribution in [2.45, 2.75) is 13.5 Å². The van der Waals surface area contributed by atoms with Crippen LogP contribution in [0.25, 0.3) is 0 Å². The molecule has 21 heavy (non-hydrogen) atoms. The normalized spacial score (nSPS) is 10.5. The second kappa shape index (κ2) is 6.87. The Morgan fingerprint density at radius 3 is 2.71 bits per heavy atom. The summed E-state index contributed by atoms with van der Waals surface area (Å²) in [4.78, 5) is 17.9. The fourth-order valence-corrected chi connectivity index (χ4v) is 2.17. The molecule has 0 unspecified atom stereocenters. The number of aromatic nitrogens is 1. The molecule has 1 aromatic carbocycles. The molecule has 0 spiro atoms. The second-order valence-corrected chi connectivity index (χ2v) is 5.21. The van der Waals surface area contributed by atoms with E-state index in [0.29, 0.717) is 18.7 Å². The van der Waals surface area contributed by atoms with Crippen LogP contribution in [0.2, 0.25) is 10.2 Å². The van der Waals surface area contributed by atoms with Crippen LogP contribution in [-0.2, 0) is 6.54 Å². The molecule has 0 bridgehead atoms. The van der Waals surface area contributed by atoms with Crippen molar-refractivity contribution in [1.29, 1.82) is 0 Å². The van der Waals surface area contributed by atoms with Crippen LogP contribution in [0.4, 0.5) is 4.39 Å².